The van der Waals surface area contributed by atoms with Gasteiger partial charge in [-0.3, -0.25) is 9.78 Å². The smallest absolute Gasteiger partial charge is 0.322 e. The summed E-state index contributed by atoms with van der Waals surface area (Å²) in [6.45, 7) is 1.49. The minimum Gasteiger partial charge on any atom is -0.322 e. The first kappa shape index (κ1) is 16.9. The van der Waals surface area contributed by atoms with Crippen LogP contribution in [-0.4, -0.2) is 10.9 Å². The molecule has 2 aromatic carbocycles. The van der Waals surface area contributed by atoms with Gasteiger partial charge in [0.05, 0.1) is 16.6 Å². The Hall–Kier alpha value is -2.96. The number of halogens is 4. The Labute approximate surface area is 140 Å². The SMILES string of the molecule is Cc1cc(NC(=O)c2cc(F)cc3cccnc23)cc(C(F)(F)F)c1. The van der Waals surface area contributed by atoms with E-state index in [1.807, 2.05) is 0 Å². The van der Waals surface area contributed by atoms with Gasteiger partial charge in [-0.1, -0.05) is 6.07 Å². The quantitative estimate of drug-likeness (QED) is 0.666. The summed E-state index contributed by atoms with van der Waals surface area (Å²) in [7, 11) is 0. The van der Waals surface area contributed by atoms with Crippen LogP contribution in [0.2, 0.25) is 0 Å². The van der Waals surface area contributed by atoms with Crippen molar-refractivity contribution in [3.8, 4) is 0 Å². The molecule has 3 nitrogen and oxygen atoms in total. The molecule has 7 heteroatoms. The van der Waals surface area contributed by atoms with Gasteiger partial charge in [0.15, 0.2) is 0 Å². The molecule has 3 aromatic rings. The number of rotatable bonds is 2. The summed E-state index contributed by atoms with van der Waals surface area (Å²) in [5.41, 5.74) is -0.334. The van der Waals surface area contributed by atoms with Gasteiger partial charge in [0.2, 0.25) is 0 Å². The number of hydrogen-bond acceptors (Lipinski definition) is 2. The van der Waals surface area contributed by atoms with E-state index in [4.69, 9.17) is 0 Å². The molecule has 25 heavy (non-hydrogen) atoms. The zero-order chi connectivity index (χ0) is 18.2. The molecule has 0 fully saturated rings. The maximum atomic E-state index is 13.7. The van der Waals surface area contributed by atoms with Gasteiger partial charge in [0, 0.05) is 17.3 Å². The van der Waals surface area contributed by atoms with Gasteiger partial charge < -0.3 is 5.32 Å². The highest BCUT2D eigenvalue weighted by Crippen LogP contribution is 2.32. The van der Waals surface area contributed by atoms with E-state index in [9.17, 15) is 22.4 Å². The largest absolute Gasteiger partial charge is 0.416 e. The Morgan fingerprint density at radius 1 is 1.12 bits per heavy atom. The molecule has 3 rings (SSSR count). The zero-order valence-corrected chi connectivity index (χ0v) is 13.0. The maximum Gasteiger partial charge on any atom is 0.416 e. The van der Waals surface area contributed by atoms with Crippen LogP contribution in [0.5, 0.6) is 0 Å². The lowest BCUT2D eigenvalue weighted by molar-refractivity contribution is -0.137. The van der Waals surface area contributed by atoms with Crippen LogP contribution >= 0.6 is 0 Å². The number of carbonyl (C=O) groups excluding carboxylic acids is 1. The van der Waals surface area contributed by atoms with Gasteiger partial charge in [-0.05, 0) is 48.9 Å². The molecule has 0 saturated heterocycles. The number of nitrogens with one attached hydrogen (secondary N) is 1. The molecule has 0 unspecified atom stereocenters. The van der Waals surface area contributed by atoms with Crippen molar-refractivity contribution in [3.63, 3.8) is 0 Å². The fourth-order valence-corrected chi connectivity index (χ4v) is 2.55. The summed E-state index contributed by atoms with van der Waals surface area (Å²) in [5, 5.41) is 2.81. The van der Waals surface area contributed by atoms with E-state index >= 15 is 0 Å². The van der Waals surface area contributed by atoms with E-state index in [1.54, 1.807) is 12.1 Å². The second kappa shape index (κ2) is 6.16. The van der Waals surface area contributed by atoms with Crippen LogP contribution in [0.3, 0.4) is 0 Å². The maximum absolute atomic E-state index is 13.7. The molecule has 1 amide bonds. The standard InChI is InChI=1S/C18H12F4N2O/c1-10-5-12(18(20,21)22)8-14(6-10)24-17(25)15-9-13(19)7-11-3-2-4-23-16(11)15/h2-9H,1H3,(H,24,25). The Morgan fingerprint density at radius 3 is 2.60 bits per heavy atom. The van der Waals surface area contributed by atoms with Crippen molar-refractivity contribution in [2.24, 2.45) is 0 Å². The van der Waals surface area contributed by atoms with Crippen molar-refractivity contribution in [2.45, 2.75) is 13.1 Å². The van der Waals surface area contributed by atoms with E-state index in [2.05, 4.69) is 10.3 Å². The Morgan fingerprint density at radius 2 is 1.88 bits per heavy atom. The monoisotopic (exact) mass is 348 g/mol. The number of carbonyl (C=O) groups is 1. The molecule has 0 aliphatic rings. The first-order chi connectivity index (χ1) is 11.7. The second-order valence-corrected chi connectivity index (χ2v) is 5.57. The number of pyridine rings is 1. The Balaban J connectivity index is 2.00. The summed E-state index contributed by atoms with van der Waals surface area (Å²) in [4.78, 5) is 16.5. The van der Waals surface area contributed by atoms with Gasteiger partial charge in [-0.25, -0.2) is 4.39 Å². The van der Waals surface area contributed by atoms with E-state index in [0.717, 1.165) is 18.2 Å². The molecule has 0 atom stereocenters. The molecule has 128 valence electrons. The van der Waals surface area contributed by atoms with Gasteiger partial charge >= 0.3 is 6.18 Å². The molecule has 1 N–H and O–H groups in total. The van der Waals surface area contributed by atoms with Crippen molar-refractivity contribution < 1.29 is 22.4 Å². The molecule has 0 saturated carbocycles. The number of alkyl halides is 3. The third-order valence-corrected chi connectivity index (χ3v) is 3.58. The van der Waals surface area contributed by atoms with Crippen LogP contribution in [0, 0.1) is 12.7 Å². The van der Waals surface area contributed by atoms with Gasteiger partial charge in [0.25, 0.3) is 5.91 Å². The van der Waals surface area contributed by atoms with Crippen LogP contribution in [0.25, 0.3) is 10.9 Å². The third kappa shape index (κ3) is 3.60. The van der Waals surface area contributed by atoms with Gasteiger partial charge in [-0.2, -0.15) is 13.2 Å². The zero-order valence-electron chi connectivity index (χ0n) is 13.0. The van der Waals surface area contributed by atoms with Crippen LogP contribution in [0.1, 0.15) is 21.5 Å². The van der Waals surface area contributed by atoms with Crippen LogP contribution in [0.4, 0.5) is 23.2 Å². The number of benzene rings is 2. The molecule has 0 bridgehead atoms. The number of nitrogens with zero attached hydrogens (tertiary/aromatic N) is 1. The van der Waals surface area contributed by atoms with Gasteiger partial charge in [-0.15, -0.1) is 0 Å². The van der Waals surface area contributed by atoms with E-state index < -0.39 is 23.5 Å². The van der Waals surface area contributed by atoms with Crippen molar-refractivity contribution in [1.29, 1.82) is 0 Å². The number of amides is 1. The summed E-state index contributed by atoms with van der Waals surface area (Å²) in [5.74, 6) is -1.37. The normalized spacial score (nSPS) is 11.6. The Kier molecular flexibility index (Phi) is 4.16. The predicted molar refractivity (Wildman–Crippen MR) is 85.8 cm³/mol. The second-order valence-electron chi connectivity index (χ2n) is 5.57. The molecule has 1 heterocycles. The average Bonchev–Trinajstić information content (AvgIpc) is 2.52. The molecule has 0 aliphatic carbocycles. The minimum atomic E-state index is -4.53. The number of aryl methyl sites for hydroxylation is 1. The Bertz CT molecular complexity index is 967. The van der Waals surface area contributed by atoms with Crippen molar-refractivity contribution in [1.82, 2.24) is 4.98 Å². The molecule has 0 aliphatic heterocycles. The van der Waals surface area contributed by atoms with E-state index in [0.29, 0.717) is 10.9 Å². The van der Waals surface area contributed by atoms with E-state index in [-0.39, 0.29) is 16.8 Å². The third-order valence-electron chi connectivity index (χ3n) is 3.58. The first-order valence-electron chi connectivity index (χ1n) is 7.28. The van der Waals surface area contributed by atoms with Crippen LogP contribution < -0.4 is 5.32 Å². The molecular weight excluding hydrogens is 336 g/mol. The number of hydrogen-bond donors (Lipinski definition) is 1. The highest BCUT2D eigenvalue weighted by Gasteiger charge is 2.31. The van der Waals surface area contributed by atoms with E-state index in [1.165, 1.54) is 25.3 Å². The molecular formula is C18H12F4N2O. The highest BCUT2D eigenvalue weighted by molar-refractivity contribution is 6.11. The highest BCUT2D eigenvalue weighted by atomic mass is 19.4. The van der Waals surface area contributed by atoms with Crippen molar-refractivity contribution >= 4 is 22.5 Å². The summed E-state index contributed by atoms with van der Waals surface area (Å²) < 4.78 is 52.4. The van der Waals surface area contributed by atoms with Crippen LogP contribution in [-0.2, 0) is 6.18 Å². The first-order valence-corrected chi connectivity index (χ1v) is 7.28. The summed E-state index contributed by atoms with van der Waals surface area (Å²) >= 11 is 0. The van der Waals surface area contributed by atoms with Gasteiger partial charge in [0.1, 0.15) is 5.82 Å². The number of anilines is 1. The lowest BCUT2D eigenvalue weighted by Crippen LogP contribution is -2.14. The summed E-state index contributed by atoms with van der Waals surface area (Å²) in [6, 6.07) is 8.64. The lowest BCUT2D eigenvalue weighted by Gasteiger charge is -2.12. The fraction of sp³-hybridized carbons (Fsp3) is 0.111. The number of aromatic nitrogens is 1. The fourth-order valence-electron chi connectivity index (χ4n) is 2.55. The molecule has 0 spiro atoms. The van der Waals surface area contributed by atoms with Crippen LogP contribution in [0.15, 0.2) is 48.7 Å². The topological polar surface area (TPSA) is 42.0 Å². The molecule has 1 aromatic heterocycles. The number of fused-ring (bicyclic) bond motifs is 1. The minimum absolute atomic E-state index is 0.0225. The van der Waals surface area contributed by atoms with Crippen molar-refractivity contribution in [2.75, 3.05) is 5.32 Å². The molecule has 0 radical (unpaired) electrons. The van der Waals surface area contributed by atoms with Crippen molar-refractivity contribution in [3.05, 3.63) is 71.2 Å². The average molecular weight is 348 g/mol. The lowest BCUT2D eigenvalue weighted by atomic mass is 10.1. The predicted octanol–water partition coefficient (Wildman–Crippen LogP) is 4.95. The summed E-state index contributed by atoms with van der Waals surface area (Å²) in [6.07, 6.45) is -3.08.